The highest BCUT2D eigenvalue weighted by Gasteiger charge is 2.09. The van der Waals surface area contributed by atoms with Crippen molar-refractivity contribution in [2.24, 2.45) is 0 Å². The van der Waals surface area contributed by atoms with Gasteiger partial charge in [-0.1, -0.05) is 6.07 Å². The Morgan fingerprint density at radius 2 is 2.08 bits per heavy atom. The molecule has 0 fully saturated rings. The lowest BCUT2D eigenvalue weighted by molar-refractivity contribution is 0.293. The number of hydrogen-bond acceptors (Lipinski definition) is 3. The highest BCUT2D eigenvalue weighted by atomic mass is 16.5. The van der Waals surface area contributed by atoms with Crippen LogP contribution < -0.4 is 4.74 Å². The molecule has 0 saturated heterocycles. The largest absolute Gasteiger partial charge is 0.507 e. The van der Waals surface area contributed by atoms with E-state index >= 15 is 0 Å². The van der Waals surface area contributed by atoms with E-state index in [2.05, 4.69) is 0 Å². The quantitative estimate of drug-likeness (QED) is 0.739. The molecule has 0 heterocycles. The van der Waals surface area contributed by atoms with E-state index in [1.54, 1.807) is 19.2 Å². The first-order valence-electron chi connectivity index (χ1n) is 4.17. The lowest BCUT2D eigenvalue weighted by atomic mass is 10.1. The molecule has 0 aromatic heterocycles. The van der Waals surface area contributed by atoms with Gasteiger partial charge in [0.15, 0.2) is 0 Å². The standard InChI is InChI=1S/C10H14O3/c1-7-3-4-9(13-2)8(5-6-11)10(7)12/h3-4,11-12H,5-6H2,1-2H3. The molecular weight excluding hydrogens is 168 g/mol. The van der Waals surface area contributed by atoms with Gasteiger partial charge in [0, 0.05) is 18.6 Å². The summed E-state index contributed by atoms with van der Waals surface area (Å²) < 4.78 is 5.06. The van der Waals surface area contributed by atoms with Crippen LogP contribution in [0.2, 0.25) is 0 Å². The Bertz CT molecular complexity index is 294. The van der Waals surface area contributed by atoms with E-state index in [-0.39, 0.29) is 12.4 Å². The van der Waals surface area contributed by atoms with Gasteiger partial charge in [-0.3, -0.25) is 0 Å². The van der Waals surface area contributed by atoms with Crippen molar-refractivity contribution in [2.75, 3.05) is 13.7 Å². The Kier molecular flexibility index (Phi) is 3.14. The number of ether oxygens (including phenoxy) is 1. The van der Waals surface area contributed by atoms with Gasteiger partial charge in [0.05, 0.1) is 7.11 Å². The van der Waals surface area contributed by atoms with E-state index in [4.69, 9.17) is 9.84 Å². The molecule has 3 heteroatoms. The van der Waals surface area contributed by atoms with Crippen molar-refractivity contribution in [3.63, 3.8) is 0 Å². The maximum absolute atomic E-state index is 9.65. The van der Waals surface area contributed by atoms with E-state index < -0.39 is 0 Å². The van der Waals surface area contributed by atoms with Crippen LogP contribution >= 0.6 is 0 Å². The summed E-state index contributed by atoms with van der Waals surface area (Å²) in [6.07, 6.45) is 0.413. The lowest BCUT2D eigenvalue weighted by Crippen LogP contribution is -1.97. The first-order chi connectivity index (χ1) is 6.20. The van der Waals surface area contributed by atoms with E-state index in [9.17, 15) is 5.11 Å². The van der Waals surface area contributed by atoms with Crippen molar-refractivity contribution in [1.82, 2.24) is 0 Å². The normalized spacial score (nSPS) is 10.1. The van der Waals surface area contributed by atoms with Crippen LogP contribution in [0.25, 0.3) is 0 Å². The molecule has 0 aliphatic rings. The Morgan fingerprint density at radius 1 is 1.38 bits per heavy atom. The molecule has 1 rings (SSSR count). The average molecular weight is 182 g/mol. The summed E-state index contributed by atoms with van der Waals surface area (Å²) in [6.45, 7) is 1.82. The minimum Gasteiger partial charge on any atom is -0.507 e. The highest BCUT2D eigenvalue weighted by molar-refractivity contribution is 5.48. The summed E-state index contributed by atoms with van der Waals surface area (Å²) in [5.41, 5.74) is 1.47. The minimum absolute atomic E-state index is 0.00731. The molecule has 3 nitrogen and oxygen atoms in total. The van der Waals surface area contributed by atoms with Crippen molar-refractivity contribution in [2.45, 2.75) is 13.3 Å². The molecule has 72 valence electrons. The van der Waals surface area contributed by atoms with Gasteiger partial charge in [-0.2, -0.15) is 0 Å². The summed E-state index contributed by atoms with van der Waals surface area (Å²) in [7, 11) is 1.55. The number of aromatic hydroxyl groups is 1. The Hall–Kier alpha value is -1.22. The van der Waals surface area contributed by atoms with Crippen molar-refractivity contribution in [3.8, 4) is 11.5 Å². The van der Waals surface area contributed by atoms with Crippen LogP contribution in [0.3, 0.4) is 0 Å². The first-order valence-corrected chi connectivity index (χ1v) is 4.17. The van der Waals surface area contributed by atoms with Gasteiger partial charge in [0.2, 0.25) is 0 Å². The average Bonchev–Trinajstić information content (AvgIpc) is 2.14. The molecule has 0 bridgehead atoms. The fraction of sp³-hybridized carbons (Fsp3) is 0.400. The number of aliphatic hydroxyl groups excluding tert-OH is 1. The number of aliphatic hydroxyl groups is 1. The van der Waals surface area contributed by atoms with E-state index in [0.717, 1.165) is 5.56 Å². The van der Waals surface area contributed by atoms with Gasteiger partial charge < -0.3 is 14.9 Å². The fourth-order valence-corrected chi connectivity index (χ4v) is 1.28. The second-order valence-corrected chi connectivity index (χ2v) is 2.89. The maximum Gasteiger partial charge on any atom is 0.125 e. The zero-order chi connectivity index (χ0) is 9.84. The van der Waals surface area contributed by atoms with Crippen molar-refractivity contribution in [3.05, 3.63) is 23.3 Å². The number of methoxy groups -OCH3 is 1. The van der Waals surface area contributed by atoms with E-state index in [1.165, 1.54) is 0 Å². The highest BCUT2D eigenvalue weighted by Crippen LogP contribution is 2.30. The molecule has 1 aromatic carbocycles. The molecule has 0 aliphatic carbocycles. The summed E-state index contributed by atoms with van der Waals surface area (Å²) in [6, 6.07) is 3.58. The number of rotatable bonds is 3. The molecule has 0 amide bonds. The number of hydrogen-bond donors (Lipinski definition) is 2. The van der Waals surface area contributed by atoms with Crippen molar-refractivity contribution in [1.29, 1.82) is 0 Å². The topological polar surface area (TPSA) is 49.7 Å². The molecule has 1 aromatic rings. The summed E-state index contributed by atoms with van der Waals surface area (Å²) >= 11 is 0. The maximum atomic E-state index is 9.65. The Labute approximate surface area is 77.6 Å². The van der Waals surface area contributed by atoms with Gasteiger partial charge >= 0.3 is 0 Å². The molecule has 0 aliphatic heterocycles. The van der Waals surface area contributed by atoms with Crippen LogP contribution in [0, 0.1) is 6.92 Å². The van der Waals surface area contributed by atoms with Crippen LogP contribution in [0.1, 0.15) is 11.1 Å². The molecule has 13 heavy (non-hydrogen) atoms. The van der Waals surface area contributed by atoms with Gasteiger partial charge in [0.1, 0.15) is 11.5 Å². The summed E-state index contributed by atoms with van der Waals surface area (Å²) in [5, 5.41) is 18.4. The predicted molar refractivity (Wildman–Crippen MR) is 50.2 cm³/mol. The molecule has 0 unspecified atom stereocenters. The molecule has 0 radical (unpaired) electrons. The van der Waals surface area contributed by atoms with Crippen molar-refractivity contribution < 1.29 is 14.9 Å². The number of benzene rings is 1. The van der Waals surface area contributed by atoms with Crippen molar-refractivity contribution >= 4 is 0 Å². The van der Waals surface area contributed by atoms with Crippen LogP contribution in [0.4, 0.5) is 0 Å². The second kappa shape index (κ2) is 4.14. The van der Waals surface area contributed by atoms with Gasteiger partial charge in [-0.05, 0) is 18.6 Å². The third kappa shape index (κ3) is 1.92. The van der Waals surface area contributed by atoms with Gasteiger partial charge in [-0.25, -0.2) is 0 Å². The smallest absolute Gasteiger partial charge is 0.125 e. The first kappa shape index (κ1) is 9.86. The molecule has 2 N–H and O–H groups in total. The van der Waals surface area contributed by atoms with Gasteiger partial charge in [-0.15, -0.1) is 0 Å². The zero-order valence-corrected chi connectivity index (χ0v) is 7.87. The fourth-order valence-electron chi connectivity index (χ4n) is 1.28. The zero-order valence-electron chi connectivity index (χ0n) is 7.87. The lowest BCUT2D eigenvalue weighted by Gasteiger charge is -2.10. The third-order valence-corrected chi connectivity index (χ3v) is 2.02. The van der Waals surface area contributed by atoms with E-state index in [1.807, 2.05) is 6.92 Å². The third-order valence-electron chi connectivity index (χ3n) is 2.02. The SMILES string of the molecule is COc1ccc(C)c(O)c1CCO. The Morgan fingerprint density at radius 3 is 2.62 bits per heavy atom. The van der Waals surface area contributed by atoms with Crippen LogP contribution in [0.15, 0.2) is 12.1 Å². The number of phenolic OH excluding ortho intramolecular Hbond substituents is 1. The summed E-state index contributed by atoms with van der Waals surface area (Å²) in [4.78, 5) is 0. The monoisotopic (exact) mass is 182 g/mol. The van der Waals surface area contributed by atoms with Gasteiger partial charge in [0.25, 0.3) is 0 Å². The van der Waals surface area contributed by atoms with Crippen LogP contribution in [-0.4, -0.2) is 23.9 Å². The molecule has 0 atom stereocenters. The second-order valence-electron chi connectivity index (χ2n) is 2.89. The number of phenols is 1. The number of aryl methyl sites for hydroxylation is 1. The Balaban J connectivity index is 3.15. The molecule has 0 saturated carbocycles. The van der Waals surface area contributed by atoms with E-state index in [0.29, 0.717) is 17.7 Å². The molecular formula is C10H14O3. The van der Waals surface area contributed by atoms with Crippen LogP contribution in [-0.2, 0) is 6.42 Å². The molecule has 0 spiro atoms. The predicted octanol–water partition coefficient (Wildman–Crippen LogP) is 1.24. The summed E-state index contributed by atoms with van der Waals surface area (Å²) in [5.74, 6) is 0.838. The minimum atomic E-state index is 0.00731. The van der Waals surface area contributed by atoms with Crippen LogP contribution in [0.5, 0.6) is 11.5 Å².